The van der Waals surface area contributed by atoms with Crippen LogP contribution in [0.2, 0.25) is 0 Å². The summed E-state index contributed by atoms with van der Waals surface area (Å²) in [6.07, 6.45) is 2.18. The van der Waals surface area contributed by atoms with E-state index >= 15 is 0 Å². The van der Waals surface area contributed by atoms with Gasteiger partial charge in [-0.2, -0.15) is 0 Å². The Bertz CT molecular complexity index is 225. The molecule has 1 heterocycles. The van der Waals surface area contributed by atoms with Gasteiger partial charge in [-0.3, -0.25) is 4.79 Å². The number of rotatable bonds is 3. The quantitative estimate of drug-likeness (QED) is 0.739. The molecule has 4 nitrogen and oxygen atoms in total. The molecule has 2 rings (SSSR count). The van der Waals surface area contributed by atoms with Crippen LogP contribution in [0.1, 0.15) is 19.8 Å². The summed E-state index contributed by atoms with van der Waals surface area (Å²) < 4.78 is 5.35. The number of carbonyl (C=O) groups excluding carboxylic acids is 1. The number of nitrogens with one attached hydrogen (secondary N) is 2. The maximum Gasteiger partial charge on any atom is 0.250 e. The number of halogens is 1. The summed E-state index contributed by atoms with van der Waals surface area (Å²) in [5, 5.41) is 6.09. The van der Waals surface area contributed by atoms with E-state index in [1.165, 1.54) is 12.8 Å². The maximum atomic E-state index is 11.6. The maximum absolute atomic E-state index is 11.6. The monoisotopic (exact) mass is 234 g/mol. The molecule has 0 aromatic rings. The van der Waals surface area contributed by atoms with E-state index in [2.05, 4.69) is 17.6 Å². The molecule has 1 aliphatic carbocycles. The minimum absolute atomic E-state index is 0. The summed E-state index contributed by atoms with van der Waals surface area (Å²) in [5.74, 6) is 0.0327. The number of hydrogen-bond acceptors (Lipinski definition) is 3. The third-order valence-electron chi connectivity index (χ3n) is 3.01. The average Bonchev–Trinajstić information content (AvgIpc) is 2.95. The van der Waals surface area contributed by atoms with E-state index in [-0.39, 0.29) is 24.4 Å². The summed E-state index contributed by atoms with van der Waals surface area (Å²) in [7, 11) is 0. The van der Waals surface area contributed by atoms with E-state index in [9.17, 15) is 4.79 Å². The van der Waals surface area contributed by atoms with Crippen LogP contribution in [0.4, 0.5) is 0 Å². The smallest absolute Gasteiger partial charge is 0.250 e. The molecule has 2 aliphatic rings. The summed E-state index contributed by atoms with van der Waals surface area (Å²) in [6.45, 7) is 5.12. The normalized spacial score (nSPS) is 27.7. The predicted octanol–water partition coefficient (Wildman–Crippen LogP) is 0.313. The van der Waals surface area contributed by atoms with Crippen LogP contribution in [0.15, 0.2) is 0 Å². The van der Waals surface area contributed by atoms with Crippen LogP contribution in [0.5, 0.6) is 0 Å². The Hall–Kier alpha value is -0.320. The molecule has 1 saturated heterocycles. The van der Waals surface area contributed by atoms with Gasteiger partial charge in [0, 0.05) is 19.6 Å². The molecular formula is C10H19ClN2O2. The van der Waals surface area contributed by atoms with Crippen molar-refractivity contribution in [2.75, 3.05) is 26.2 Å². The molecule has 1 atom stereocenters. The second-order valence-electron chi connectivity index (χ2n) is 4.59. The second-order valence-corrected chi connectivity index (χ2v) is 4.59. The van der Waals surface area contributed by atoms with Crippen molar-refractivity contribution >= 4 is 18.3 Å². The lowest BCUT2D eigenvalue weighted by Crippen LogP contribution is -2.48. The van der Waals surface area contributed by atoms with Crippen molar-refractivity contribution in [2.45, 2.75) is 25.9 Å². The standard InChI is InChI=1S/C10H18N2O2.ClH/c1-10(2-3-10)7-12-9(13)8-6-11-4-5-14-8;/h8,11H,2-7H2,1H3,(H,12,13);1H/t8-;/m1./s1. The van der Waals surface area contributed by atoms with Crippen molar-refractivity contribution < 1.29 is 9.53 Å². The first-order valence-electron chi connectivity index (χ1n) is 5.30. The summed E-state index contributed by atoms with van der Waals surface area (Å²) in [4.78, 5) is 11.6. The Labute approximate surface area is 96.5 Å². The molecule has 1 saturated carbocycles. The van der Waals surface area contributed by atoms with E-state index in [1.807, 2.05) is 0 Å². The minimum Gasteiger partial charge on any atom is -0.366 e. The number of hydrogen-bond donors (Lipinski definition) is 2. The van der Waals surface area contributed by atoms with Crippen LogP contribution in [-0.2, 0) is 9.53 Å². The molecule has 15 heavy (non-hydrogen) atoms. The lowest BCUT2D eigenvalue weighted by Gasteiger charge is -2.23. The first kappa shape index (κ1) is 12.7. The second kappa shape index (κ2) is 5.14. The van der Waals surface area contributed by atoms with Gasteiger partial charge in [0.1, 0.15) is 6.10 Å². The number of amides is 1. The number of morpholine rings is 1. The van der Waals surface area contributed by atoms with Gasteiger partial charge in [-0.05, 0) is 18.3 Å². The van der Waals surface area contributed by atoms with Crippen molar-refractivity contribution in [2.24, 2.45) is 5.41 Å². The average molecular weight is 235 g/mol. The van der Waals surface area contributed by atoms with E-state index in [4.69, 9.17) is 4.74 Å². The molecule has 2 fully saturated rings. The van der Waals surface area contributed by atoms with Crippen LogP contribution >= 0.6 is 12.4 Å². The van der Waals surface area contributed by atoms with Crippen molar-refractivity contribution in [3.63, 3.8) is 0 Å². The van der Waals surface area contributed by atoms with Gasteiger partial charge < -0.3 is 15.4 Å². The molecule has 1 aliphatic heterocycles. The molecule has 1 amide bonds. The van der Waals surface area contributed by atoms with Crippen LogP contribution in [0.25, 0.3) is 0 Å². The SMILES string of the molecule is CC1(CNC(=O)[C@H]2CNCCO2)CC1.Cl. The third kappa shape index (κ3) is 3.63. The van der Waals surface area contributed by atoms with Crippen molar-refractivity contribution in [3.05, 3.63) is 0 Å². The summed E-state index contributed by atoms with van der Waals surface area (Å²) >= 11 is 0. The Kier molecular flexibility index (Phi) is 4.37. The highest BCUT2D eigenvalue weighted by molar-refractivity contribution is 5.85. The molecule has 0 radical (unpaired) electrons. The first-order valence-corrected chi connectivity index (χ1v) is 5.30. The lowest BCUT2D eigenvalue weighted by molar-refractivity contribution is -0.134. The topological polar surface area (TPSA) is 50.4 Å². The van der Waals surface area contributed by atoms with Gasteiger partial charge in [-0.25, -0.2) is 0 Å². The fourth-order valence-electron chi connectivity index (χ4n) is 1.54. The Balaban J connectivity index is 0.00000112. The van der Waals surface area contributed by atoms with E-state index in [1.54, 1.807) is 0 Å². The number of carbonyl (C=O) groups is 1. The van der Waals surface area contributed by atoms with Gasteiger partial charge >= 0.3 is 0 Å². The van der Waals surface area contributed by atoms with Crippen LogP contribution in [0, 0.1) is 5.41 Å². The zero-order valence-electron chi connectivity index (χ0n) is 9.04. The van der Waals surface area contributed by atoms with Gasteiger partial charge in [0.25, 0.3) is 0 Å². The largest absolute Gasteiger partial charge is 0.366 e. The third-order valence-corrected chi connectivity index (χ3v) is 3.01. The van der Waals surface area contributed by atoms with Gasteiger partial charge in [-0.1, -0.05) is 6.92 Å². The molecular weight excluding hydrogens is 216 g/mol. The van der Waals surface area contributed by atoms with Crippen LogP contribution in [0.3, 0.4) is 0 Å². The van der Waals surface area contributed by atoms with E-state index in [0.717, 1.165) is 13.1 Å². The molecule has 0 unspecified atom stereocenters. The van der Waals surface area contributed by atoms with Gasteiger partial charge in [0.15, 0.2) is 0 Å². The van der Waals surface area contributed by atoms with Gasteiger partial charge in [0.2, 0.25) is 5.91 Å². The first-order chi connectivity index (χ1) is 6.70. The van der Waals surface area contributed by atoms with Crippen LogP contribution < -0.4 is 10.6 Å². The Morgan fingerprint density at radius 3 is 2.87 bits per heavy atom. The summed E-state index contributed by atoms with van der Waals surface area (Å²) in [6, 6.07) is 0. The van der Waals surface area contributed by atoms with E-state index < -0.39 is 0 Å². The predicted molar refractivity (Wildman–Crippen MR) is 60.2 cm³/mol. The molecule has 2 N–H and O–H groups in total. The van der Waals surface area contributed by atoms with Crippen molar-refractivity contribution in [3.8, 4) is 0 Å². The zero-order chi connectivity index (χ0) is 10.0. The fourth-order valence-corrected chi connectivity index (χ4v) is 1.54. The zero-order valence-corrected chi connectivity index (χ0v) is 9.86. The van der Waals surface area contributed by atoms with Crippen molar-refractivity contribution in [1.82, 2.24) is 10.6 Å². The minimum atomic E-state index is -0.286. The van der Waals surface area contributed by atoms with E-state index in [0.29, 0.717) is 18.6 Å². The highest BCUT2D eigenvalue weighted by Gasteiger charge is 2.37. The van der Waals surface area contributed by atoms with Gasteiger partial charge in [-0.15, -0.1) is 12.4 Å². The molecule has 88 valence electrons. The molecule has 0 spiro atoms. The lowest BCUT2D eigenvalue weighted by atomic mass is 10.1. The Morgan fingerprint density at radius 1 is 1.60 bits per heavy atom. The van der Waals surface area contributed by atoms with Crippen molar-refractivity contribution in [1.29, 1.82) is 0 Å². The fraction of sp³-hybridized carbons (Fsp3) is 0.900. The summed E-state index contributed by atoms with van der Waals surface area (Å²) in [5.41, 5.74) is 0.373. The molecule has 5 heteroatoms. The Morgan fingerprint density at radius 2 is 2.33 bits per heavy atom. The highest BCUT2D eigenvalue weighted by Crippen LogP contribution is 2.43. The van der Waals surface area contributed by atoms with Crippen LogP contribution in [-0.4, -0.2) is 38.3 Å². The highest BCUT2D eigenvalue weighted by atomic mass is 35.5. The molecule has 0 bridgehead atoms. The number of ether oxygens (including phenoxy) is 1. The molecule has 0 aromatic heterocycles. The van der Waals surface area contributed by atoms with Gasteiger partial charge in [0.05, 0.1) is 6.61 Å². The molecule has 0 aromatic carbocycles.